The fourth-order valence-electron chi connectivity index (χ4n) is 2.23. The van der Waals surface area contributed by atoms with Crippen LogP contribution in [0.5, 0.6) is 0 Å². The molecule has 2 N–H and O–H groups in total. The third kappa shape index (κ3) is 2.37. The van der Waals surface area contributed by atoms with E-state index in [0.717, 1.165) is 11.5 Å². The van der Waals surface area contributed by atoms with Crippen molar-refractivity contribution in [3.05, 3.63) is 17.3 Å². The van der Waals surface area contributed by atoms with Crippen molar-refractivity contribution in [3.63, 3.8) is 0 Å². The highest BCUT2D eigenvalue weighted by molar-refractivity contribution is 7.91. The number of hydrogen-bond acceptors (Lipinski definition) is 5. The van der Waals surface area contributed by atoms with E-state index in [9.17, 15) is 8.42 Å². The second kappa shape index (κ2) is 4.10. The molecule has 1 atom stereocenters. The van der Waals surface area contributed by atoms with Gasteiger partial charge in [-0.1, -0.05) is 0 Å². The van der Waals surface area contributed by atoms with Gasteiger partial charge in [0.2, 0.25) is 5.89 Å². The number of rotatable bonds is 3. The molecular formula is C11H18N2O3S. The fourth-order valence-corrected chi connectivity index (χ4v) is 4.37. The van der Waals surface area contributed by atoms with Crippen LogP contribution in [0.15, 0.2) is 4.42 Å². The van der Waals surface area contributed by atoms with E-state index in [0.29, 0.717) is 25.3 Å². The zero-order valence-corrected chi connectivity index (χ0v) is 11.0. The Morgan fingerprint density at radius 2 is 2.24 bits per heavy atom. The standard InChI is InChI=1S/C11H18N2O3S/c1-8-9(3-5-12)16-10(13-8)11(2)4-6-17(14,15)7-11/h3-7,12H2,1-2H3. The van der Waals surface area contributed by atoms with Gasteiger partial charge in [0.1, 0.15) is 5.76 Å². The van der Waals surface area contributed by atoms with Crippen LogP contribution in [-0.4, -0.2) is 31.5 Å². The number of aromatic nitrogens is 1. The summed E-state index contributed by atoms with van der Waals surface area (Å²) < 4.78 is 28.8. The minimum absolute atomic E-state index is 0.127. The number of oxazole rings is 1. The lowest BCUT2D eigenvalue weighted by molar-refractivity contribution is 0.358. The number of aryl methyl sites for hydroxylation is 1. The number of sulfone groups is 1. The number of hydrogen-bond donors (Lipinski definition) is 1. The van der Waals surface area contributed by atoms with Crippen LogP contribution in [0.1, 0.15) is 30.7 Å². The molecule has 1 saturated heterocycles. The highest BCUT2D eigenvalue weighted by Gasteiger charge is 2.43. The maximum absolute atomic E-state index is 11.5. The molecule has 0 aromatic carbocycles. The Morgan fingerprint density at radius 3 is 2.76 bits per heavy atom. The molecule has 17 heavy (non-hydrogen) atoms. The normalized spacial score (nSPS) is 27.5. The van der Waals surface area contributed by atoms with Gasteiger partial charge >= 0.3 is 0 Å². The molecule has 6 heteroatoms. The van der Waals surface area contributed by atoms with Gasteiger partial charge in [0.05, 0.1) is 22.6 Å². The van der Waals surface area contributed by atoms with E-state index in [4.69, 9.17) is 10.2 Å². The van der Waals surface area contributed by atoms with Crippen molar-refractivity contribution in [1.82, 2.24) is 4.98 Å². The zero-order valence-electron chi connectivity index (χ0n) is 10.2. The molecule has 1 aliphatic heterocycles. The van der Waals surface area contributed by atoms with Crippen molar-refractivity contribution in [2.75, 3.05) is 18.1 Å². The Labute approximate surface area is 101 Å². The lowest BCUT2D eigenvalue weighted by Crippen LogP contribution is -2.23. The van der Waals surface area contributed by atoms with Crippen LogP contribution < -0.4 is 5.73 Å². The second-order valence-electron chi connectivity index (χ2n) is 4.97. The average molecular weight is 258 g/mol. The summed E-state index contributed by atoms with van der Waals surface area (Å²) in [5, 5.41) is 0. The van der Waals surface area contributed by atoms with Crippen molar-refractivity contribution in [2.45, 2.75) is 32.1 Å². The molecule has 1 aromatic heterocycles. The molecule has 96 valence electrons. The van der Waals surface area contributed by atoms with Crippen LogP contribution in [0.2, 0.25) is 0 Å². The molecule has 1 fully saturated rings. The predicted molar refractivity (Wildman–Crippen MR) is 64.6 cm³/mol. The van der Waals surface area contributed by atoms with Gasteiger partial charge in [-0.15, -0.1) is 0 Å². The van der Waals surface area contributed by atoms with E-state index >= 15 is 0 Å². The summed E-state index contributed by atoms with van der Waals surface area (Å²) in [6, 6.07) is 0. The van der Waals surface area contributed by atoms with Crippen LogP contribution in [-0.2, 0) is 21.7 Å². The van der Waals surface area contributed by atoms with Gasteiger partial charge in [0.25, 0.3) is 0 Å². The molecule has 1 unspecified atom stereocenters. The highest BCUT2D eigenvalue weighted by Crippen LogP contribution is 2.35. The predicted octanol–water partition coefficient (Wildman–Crippen LogP) is 0.560. The van der Waals surface area contributed by atoms with Gasteiger partial charge < -0.3 is 10.2 Å². The first kappa shape index (κ1) is 12.6. The Balaban J connectivity index is 2.32. The Bertz CT molecular complexity index is 521. The molecule has 2 rings (SSSR count). The van der Waals surface area contributed by atoms with Crippen LogP contribution in [0.25, 0.3) is 0 Å². The van der Waals surface area contributed by atoms with Crippen LogP contribution in [0.4, 0.5) is 0 Å². The van der Waals surface area contributed by atoms with Crippen LogP contribution >= 0.6 is 0 Å². The van der Waals surface area contributed by atoms with Crippen molar-refractivity contribution >= 4 is 9.84 Å². The van der Waals surface area contributed by atoms with Gasteiger partial charge in [0.15, 0.2) is 9.84 Å². The Kier molecular flexibility index (Phi) is 3.03. The summed E-state index contributed by atoms with van der Waals surface area (Å²) in [6.07, 6.45) is 1.22. The Morgan fingerprint density at radius 1 is 1.53 bits per heavy atom. The highest BCUT2D eigenvalue weighted by atomic mass is 32.2. The van der Waals surface area contributed by atoms with E-state index in [1.54, 1.807) is 0 Å². The molecule has 2 heterocycles. The van der Waals surface area contributed by atoms with E-state index in [1.807, 2.05) is 13.8 Å². The minimum atomic E-state index is -2.94. The summed E-state index contributed by atoms with van der Waals surface area (Å²) in [7, 11) is -2.94. The Hall–Kier alpha value is -0.880. The van der Waals surface area contributed by atoms with Gasteiger partial charge in [0, 0.05) is 6.42 Å². The number of nitrogens with zero attached hydrogens (tertiary/aromatic N) is 1. The van der Waals surface area contributed by atoms with Crippen molar-refractivity contribution in [3.8, 4) is 0 Å². The summed E-state index contributed by atoms with van der Waals surface area (Å²) in [4.78, 5) is 4.36. The monoisotopic (exact) mass is 258 g/mol. The molecule has 1 aliphatic rings. The van der Waals surface area contributed by atoms with E-state index in [1.165, 1.54) is 0 Å². The molecule has 0 radical (unpaired) electrons. The average Bonchev–Trinajstić information content (AvgIpc) is 2.71. The van der Waals surface area contributed by atoms with Crippen LogP contribution in [0.3, 0.4) is 0 Å². The molecule has 0 bridgehead atoms. The third-order valence-corrected chi connectivity index (χ3v) is 5.19. The van der Waals surface area contributed by atoms with Crippen molar-refractivity contribution in [1.29, 1.82) is 0 Å². The molecule has 0 spiro atoms. The summed E-state index contributed by atoms with van der Waals surface area (Å²) >= 11 is 0. The van der Waals surface area contributed by atoms with Crippen LogP contribution in [0, 0.1) is 6.92 Å². The maximum atomic E-state index is 11.5. The molecule has 1 aromatic rings. The summed E-state index contributed by atoms with van der Waals surface area (Å²) in [5.41, 5.74) is 5.82. The van der Waals surface area contributed by atoms with Gasteiger partial charge in [-0.2, -0.15) is 0 Å². The molecule has 0 aliphatic carbocycles. The molecule has 5 nitrogen and oxygen atoms in total. The fraction of sp³-hybridized carbons (Fsp3) is 0.727. The lowest BCUT2D eigenvalue weighted by atomic mass is 9.90. The SMILES string of the molecule is Cc1nc(C2(C)CCS(=O)(=O)C2)oc1CCN. The lowest BCUT2D eigenvalue weighted by Gasteiger charge is -2.16. The first-order chi connectivity index (χ1) is 7.86. The number of nitrogens with two attached hydrogens (primary N) is 1. The molecular weight excluding hydrogens is 240 g/mol. The topological polar surface area (TPSA) is 86.2 Å². The van der Waals surface area contributed by atoms with Crippen molar-refractivity contribution in [2.24, 2.45) is 5.73 Å². The first-order valence-corrected chi connectivity index (χ1v) is 7.56. The second-order valence-corrected chi connectivity index (χ2v) is 7.15. The molecule has 0 saturated carbocycles. The largest absolute Gasteiger partial charge is 0.445 e. The minimum Gasteiger partial charge on any atom is -0.445 e. The van der Waals surface area contributed by atoms with Gasteiger partial charge in [-0.25, -0.2) is 13.4 Å². The maximum Gasteiger partial charge on any atom is 0.201 e. The van der Waals surface area contributed by atoms with E-state index in [2.05, 4.69) is 4.98 Å². The summed E-state index contributed by atoms with van der Waals surface area (Å²) in [6.45, 7) is 4.27. The zero-order chi connectivity index (χ0) is 12.7. The first-order valence-electron chi connectivity index (χ1n) is 5.74. The van der Waals surface area contributed by atoms with Crippen molar-refractivity contribution < 1.29 is 12.8 Å². The van der Waals surface area contributed by atoms with E-state index < -0.39 is 15.3 Å². The quantitative estimate of drug-likeness (QED) is 0.856. The third-order valence-electron chi connectivity index (χ3n) is 3.28. The summed E-state index contributed by atoms with van der Waals surface area (Å²) in [5.74, 6) is 1.66. The van der Waals surface area contributed by atoms with E-state index in [-0.39, 0.29) is 11.5 Å². The molecule has 0 amide bonds. The van der Waals surface area contributed by atoms with Gasteiger partial charge in [-0.05, 0) is 26.8 Å². The smallest absolute Gasteiger partial charge is 0.201 e. The van der Waals surface area contributed by atoms with Gasteiger partial charge in [-0.3, -0.25) is 0 Å².